The van der Waals surface area contributed by atoms with E-state index in [1.807, 2.05) is 12.1 Å². The van der Waals surface area contributed by atoms with Crippen molar-refractivity contribution in [2.75, 3.05) is 0 Å². The maximum absolute atomic E-state index is 12.5. The zero-order valence-corrected chi connectivity index (χ0v) is 17.3. The molecule has 2 aromatic carbocycles. The largest absolute Gasteiger partial charge is 0.451 e. The topological polar surface area (TPSA) is 43.4 Å². The third-order valence-electron chi connectivity index (χ3n) is 4.06. The quantitative estimate of drug-likeness (QED) is 0.342. The van der Waals surface area contributed by atoms with E-state index >= 15 is 0 Å². The molecule has 2 aromatic rings. The van der Waals surface area contributed by atoms with Crippen molar-refractivity contribution in [3.63, 3.8) is 0 Å². The normalized spacial score (nSPS) is 12.8. The average molecular weight is 405 g/mol. The van der Waals surface area contributed by atoms with Gasteiger partial charge in [-0.2, -0.15) is 0 Å². The van der Waals surface area contributed by atoms with E-state index in [-0.39, 0.29) is 11.2 Å². The first kappa shape index (κ1) is 21.2. The van der Waals surface area contributed by atoms with E-state index < -0.39 is 12.1 Å². The Hall–Kier alpha value is -2.10. The second-order valence-electron chi connectivity index (χ2n) is 7.27. The lowest BCUT2D eigenvalue weighted by Crippen LogP contribution is -2.23. The third-order valence-corrected chi connectivity index (χ3v) is 4.62. The van der Waals surface area contributed by atoms with E-state index in [9.17, 15) is 9.59 Å². The predicted octanol–water partition coefficient (Wildman–Crippen LogP) is 6.12. The molecule has 1 atom stereocenters. The standard InChI is InChI=1S/C22H22Cl2O3/c1-14(21(26)16-5-9-17(10-6-16)22(2,3)4)27-20(25)12-8-15-7-11-18(23)13-19(15)24/h5-14H,1-4H3/b12-8+. The Balaban J connectivity index is 2.01. The smallest absolute Gasteiger partial charge is 0.331 e. The summed E-state index contributed by atoms with van der Waals surface area (Å²) in [6, 6.07) is 12.3. The van der Waals surface area contributed by atoms with Gasteiger partial charge in [0.25, 0.3) is 0 Å². The fraction of sp³-hybridized carbons (Fsp3) is 0.273. The van der Waals surface area contributed by atoms with Crippen molar-refractivity contribution in [3.8, 4) is 0 Å². The van der Waals surface area contributed by atoms with Crippen molar-refractivity contribution in [3.05, 3.63) is 75.3 Å². The molecule has 0 heterocycles. The number of Topliss-reactive ketones (excluding diaryl/α,β-unsaturated/α-hetero) is 1. The van der Waals surface area contributed by atoms with Gasteiger partial charge in [0.05, 0.1) is 0 Å². The van der Waals surface area contributed by atoms with E-state index in [0.717, 1.165) is 5.56 Å². The summed E-state index contributed by atoms with van der Waals surface area (Å²) in [7, 11) is 0. The lowest BCUT2D eigenvalue weighted by molar-refractivity contribution is -0.140. The molecule has 0 saturated carbocycles. The summed E-state index contributed by atoms with van der Waals surface area (Å²) >= 11 is 11.9. The Labute approximate surface area is 169 Å². The number of carbonyl (C=O) groups excluding carboxylic acids is 2. The summed E-state index contributed by atoms with van der Waals surface area (Å²) in [5.41, 5.74) is 2.28. The van der Waals surface area contributed by atoms with Gasteiger partial charge in [0.2, 0.25) is 5.78 Å². The molecule has 5 heteroatoms. The van der Waals surface area contributed by atoms with Gasteiger partial charge < -0.3 is 4.74 Å². The van der Waals surface area contributed by atoms with Crippen LogP contribution in [0.25, 0.3) is 6.08 Å². The van der Waals surface area contributed by atoms with E-state index in [1.165, 1.54) is 12.2 Å². The summed E-state index contributed by atoms with van der Waals surface area (Å²) in [5.74, 6) is -0.866. The number of hydrogen-bond donors (Lipinski definition) is 0. The van der Waals surface area contributed by atoms with E-state index in [2.05, 4.69) is 20.8 Å². The fourth-order valence-corrected chi connectivity index (χ4v) is 2.90. The molecule has 0 aliphatic rings. The molecule has 3 nitrogen and oxygen atoms in total. The van der Waals surface area contributed by atoms with Crippen molar-refractivity contribution < 1.29 is 14.3 Å². The highest BCUT2D eigenvalue weighted by molar-refractivity contribution is 6.35. The first-order valence-corrected chi connectivity index (χ1v) is 9.32. The Morgan fingerprint density at radius 2 is 1.67 bits per heavy atom. The first-order chi connectivity index (χ1) is 12.6. The van der Waals surface area contributed by atoms with Gasteiger partial charge in [-0.3, -0.25) is 4.79 Å². The summed E-state index contributed by atoms with van der Waals surface area (Å²) in [5, 5.41) is 0.936. The maximum Gasteiger partial charge on any atom is 0.331 e. The fourth-order valence-electron chi connectivity index (χ4n) is 2.43. The van der Waals surface area contributed by atoms with Gasteiger partial charge in [0, 0.05) is 21.7 Å². The van der Waals surface area contributed by atoms with Crippen molar-refractivity contribution in [2.24, 2.45) is 0 Å². The molecule has 0 aromatic heterocycles. The number of rotatable bonds is 5. The highest BCUT2D eigenvalue weighted by Crippen LogP contribution is 2.23. The summed E-state index contributed by atoms with van der Waals surface area (Å²) in [4.78, 5) is 24.5. The van der Waals surface area contributed by atoms with Crippen LogP contribution in [0.15, 0.2) is 48.5 Å². The highest BCUT2D eigenvalue weighted by atomic mass is 35.5. The number of ketones is 1. The van der Waals surface area contributed by atoms with Crippen molar-refractivity contribution in [2.45, 2.75) is 39.2 Å². The van der Waals surface area contributed by atoms with Gasteiger partial charge in [-0.1, -0.05) is 74.3 Å². The Kier molecular flexibility index (Phi) is 6.85. The lowest BCUT2D eigenvalue weighted by Gasteiger charge is -2.19. The zero-order valence-electron chi connectivity index (χ0n) is 15.8. The Morgan fingerprint density at radius 1 is 1.04 bits per heavy atom. The summed E-state index contributed by atoms with van der Waals surface area (Å²) < 4.78 is 5.20. The SMILES string of the molecule is CC(OC(=O)/C=C/c1ccc(Cl)cc1Cl)C(=O)c1ccc(C(C)(C)C)cc1. The second kappa shape index (κ2) is 8.73. The van der Waals surface area contributed by atoms with Crippen LogP contribution < -0.4 is 0 Å². The average Bonchev–Trinajstić information content (AvgIpc) is 2.59. The Bertz CT molecular complexity index is 862. The molecule has 1 unspecified atom stereocenters. The van der Waals surface area contributed by atoms with E-state index in [0.29, 0.717) is 21.2 Å². The molecule has 0 fully saturated rings. The predicted molar refractivity (Wildman–Crippen MR) is 111 cm³/mol. The number of benzene rings is 2. The minimum Gasteiger partial charge on any atom is -0.451 e. The van der Waals surface area contributed by atoms with Crippen LogP contribution in [0.5, 0.6) is 0 Å². The van der Waals surface area contributed by atoms with Crippen LogP contribution in [-0.2, 0) is 14.9 Å². The Morgan fingerprint density at radius 3 is 2.22 bits per heavy atom. The van der Waals surface area contributed by atoms with Crippen LogP contribution >= 0.6 is 23.2 Å². The van der Waals surface area contributed by atoms with Crippen molar-refractivity contribution in [1.82, 2.24) is 0 Å². The van der Waals surface area contributed by atoms with Crippen LogP contribution in [0.4, 0.5) is 0 Å². The molecule has 0 aliphatic heterocycles. The van der Waals surface area contributed by atoms with Crippen LogP contribution in [0.2, 0.25) is 10.0 Å². The summed E-state index contributed by atoms with van der Waals surface area (Å²) in [6.07, 6.45) is 1.88. The number of carbonyl (C=O) groups is 2. The van der Waals surface area contributed by atoms with Gasteiger partial charge in [0.15, 0.2) is 6.10 Å². The minimum absolute atomic E-state index is 0.00734. The summed E-state index contributed by atoms with van der Waals surface area (Å²) in [6.45, 7) is 7.87. The van der Waals surface area contributed by atoms with Gasteiger partial charge >= 0.3 is 5.97 Å². The monoisotopic (exact) mass is 404 g/mol. The van der Waals surface area contributed by atoms with Gasteiger partial charge in [-0.15, -0.1) is 0 Å². The number of ether oxygens (including phenoxy) is 1. The van der Waals surface area contributed by atoms with Crippen molar-refractivity contribution in [1.29, 1.82) is 0 Å². The second-order valence-corrected chi connectivity index (χ2v) is 8.11. The van der Waals surface area contributed by atoms with Crippen LogP contribution in [-0.4, -0.2) is 17.9 Å². The molecule has 27 heavy (non-hydrogen) atoms. The molecule has 142 valence electrons. The van der Waals surface area contributed by atoms with Crippen LogP contribution in [0.1, 0.15) is 49.2 Å². The number of esters is 1. The molecule has 0 amide bonds. The number of halogens is 2. The highest BCUT2D eigenvalue weighted by Gasteiger charge is 2.20. The molecule has 2 rings (SSSR count). The first-order valence-electron chi connectivity index (χ1n) is 8.56. The van der Waals surface area contributed by atoms with Crippen LogP contribution in [0.3, 0.4) is 0 Å². The minimum atomic E-state index is -0.886. The van der Waals surface area contributed by atoms with E-state index in [4.69, 9.17) is 27.9 Å². The lowest BCUT2D eigenvalue weighted by atomic mass is 9.86. The molecular weight excluding hydrogens is 383 g/mol. The van der Waals surface area contributed by atoms with E-state index in [1.54, 1.807) is 37.3 Å². The molecule has 0 radical (unpaired) electrons. The molecule has 0 spiro atoms. The molecule has 0 saturated heterocycles. The number of hydrogen-bond acceptors (Lipinski definition) is 3. The molecular formula is C22H22Cl2O3. The van der Waals surface area contributed by atoms with Gasteiger partial charge in [0.1, 0.15) is 0 Å². The third kappa shape index (κ3) is 5.95. The maximum atomic E-state index is 12.5. The van der Waals surface area contributed by atoms with Crippen LogP contribution in [0, 0.1) is 0 Å². The zero-order chi connectivity index (χ0) is 20.2. The van der Waals surface area contributed by atoms with Gasteiger partial charge in [-0.05, 0) is 41.7 Å². The molecule has 0 N–H and O–H groups in total. The van der Waals surface area contributed by atoms with Gasteiger partial charge in [-0.25, -0.2) is 4.79 Å². The molecule has 0 bridgehead atoms. The molecule has 0 aliphatic carbocycles. The van der Waals surface area contributed by atoms with Crippen molar-refractivity contribution >= 4 is 41.0 Å².